The second kappa shape index (κ2) is 9.72. The number of piperidine rings is 2. The van der Waals surface area contributed by atoms with Crippen molar-refractivity contribution in [2.45, 2.75) is 37.9 Å². The zero-order valence-electron chi connectivity index (χ0n) is 19.4. The molecule has 2 aromatic carbocycles. The van der Waals surface area contributed by atoms with Crippen LogP contribution in [-0.4, -0.2) is 60.9 Å². The summed E-state index contributed by atoms with van der Waals surface area (Å²) < 4.78 is 11.5. The van der Waals surface area contributed by atoms with Crippen molar-refractivity contribution in [3.63, 3.8) is 0 Å². The third-order valence-corrected chi connectivity index (χ3v) is 7.37. The summed E-state index contributed by atoms with van der Waals surface area (Å²) >= 11 is 0. The van der Waals surface area contributed by atoms with Gasteiger partial charge in [0.15, 0.2) is 5.79 Å². The van der Waals surface area contributed by atoms with Crippen LogP contribution in [0.4, 0.5) is 11.4 Å². The molecule has 5 rings (SSSR count). The van der Waals surface area contributed by atoms with Gasteiger partial charge in [0, 0.05) is 50.7 Å². The second-order valence-corrected chi connectivity index (χ2v) is 9.48. The molecule has 34 heavy (non-hydrogen) atoms. The Morgan fingerprint density at radius 3 is 2.32 bits per heavy atom. The molecule has 3 aliphatic heterocycles. The number of anilines is 1. The Hall–Kier alpha value is -2.97. The number of nitrogens with zero attached hydrogens (tertiary/aromatic N) is 3. The van der Waals surface area contributed by atoms with Gasteiger partial charge < -0.3 is 19.3 Å². The van der Waals surface area contributed by atoms with Crippen molar-refractivity contribution < 1.29 is 19.2 Å². The molecule has 0 aromatic heterocycles. The van der Waals surface area contributed by atoms with Crippen LogP contribution in [-0.2, 0) is 15.9 Å². The van der Waals surface area contributed by atoms with Crippen LogP contribution in [0.2, 0.25) is 0 Å². The third-order valence-electron chi connectivity index (χ3n) is 7.37. The molecule has 0 saturated carbocycles. The minimum atomic E-state index is -0.534. The van der Waals surface area contributed by atoms with Gasteiger partial charge in [-0.15, -0.1) is 0 Å². The summed E-state index contributed by atoms with van der Waals surface area (Å²) in [7, 11) is 0. The summed E-state index contributed by atoms with van der Waals surface area (Å²) in [4.78, 5) is 28.5. The maximum absolute atomic E-state index is 13.2. The molecule has 0 bridgehead atoms. The quantitative estimate of drug-likeness (QED) is 0.490. The van der Waals surface area contributed by atoms with Gasteiger partial charge in [0.1, 0.15) is 5.69 Å². The van der Waals surface area contributed by atoms with Crippen molar-refractivity contribution in [2.24, 2.45) is 5.92 Å². The van der Waals surface area contributed by atoms with E-state index in [2.05, 4.69) is 24.3 Å². The van der Waals surface area contributed by atoms with Crippen LogP contribution in [0.15, 0.2) is 48.5 Å². The van der Waals surface area contributed by atoms with Crippen molar-refractivity contribution >= 4 is 17.3 Å². The number of hydrogen-bond donors (Lipinski definition) is 0. The highest BCUT2D eigenvalue weighted by Crippen LogP contribution is 2.37. The van der Waals surface area contributed by atoms with Crippen molar-refractivity contribution in [1.82, 2.24) is 4.90 Å². The first-order chi connectivity index (χ1) is 16.5. The molecule has 3 aliphatic rings. The molecule has 0 unspecified atom stereocenters. The minimum Gasteiger partial charge on any atom is -0.366 e. The number of hydrogen-bond acceptors (Lipinski definition) is 6. The summed E-state index contributed by atoms with van der Waals surface area (Å²) in [6.07, 6.45) is 4.25. The van der Waals surface area contributed by atoms with Crippen LogP contribution < -0.4 is 4.90 Å². The van der Waals surface area contributed by atoms with Gasteiger partial charge in [-0.1, -0.05) is 30.3 Å². The van der Waals surface area contributed by atoms with Crippen molar-refractivity contribution in [3.05, 3.63) is 69.8 Å². The lowest BCUT2D eigenvalue weighted by Gasteiger charge is -2.38. The van der Waals surface area contributed by atoms with Crippen molar-refractivity contribution in [2.75, 3.05) is 44.3 Å². The van der Waals surface area contributed by atoms with Gasteiger partial charge in [0.2, 0.25) is 0 Å². The number of carbonyl (C=O) groups is 1. The van der Waals surface area contributed by atoms with Gasteiger partial charge in [-0.25, -0.2) is 0 Å². The predicted molar refractivity (Wildman–Crippen MR) is 128 cm³/mol. The lowest BCUT2D eigenvalue weighted by atomic mass is 9.90. The van der Waals surface area contributed by atoms with E-state index in [0.717, 1.165) is 19.3 Å². The molecule has 3 saturated heterocycles. The van der Waals surface area contributed by atoms with Crippen LogP contribution in [0.25, 0.3) is 0 Å². The van der Waals surface area contributed by atoms with E-state index < -0.39 is 5.79 Å². The van der Waals surface area contributed by atoms with Crippen LogP contribution in [0, 0.1) is 16.0 Å². The van der Waals surface area contributed by atoms with Gasteiger partial charge in [-0.3, -0.25) is 14.9 Å². The molecule has 8 heteroatoms. The molecule has 0 radical (unpaired) electrons. The van der Waals surface area contributed by atoms with E-state index in [1.165, 1.54) is 11.6 Å². The van der Waals surface area contributed by atoms with E-state index in [-0.39, 0.29) is 16.5 Å². The highest BCUT2D eigenvalue weighted by molar-refractivity contribution is 5.96. The highest BCUT2D eigenvalue weighted by atomic mass is 16.7. The van der Waals surface area contributed by atoms with E-state index >= 15 is 0 Å². The van der Waals surface area contributed by atoms with Crippen molar-refractivity contribution in [1.29, 1.82) is 0 Å². The Labute approximate surface area is 199 Å². The predicted octanol–water partition coefficient (Wildman–Crippen LogP) is 4.03. The number of nitro groups is 1. The normalized spacial score (nSPS) is 20.6. The third kappa shape index (κ3) is 4.79. The number of likely N-dealkylation sites (tertiary alicyclic amines) is 1. The Balaban J connectivity index is 1.23. The summed E-state index contributed by atoms with van der Waals surface area (Å²) in [5, 5.41) is 11.9. The van der Waals surface area contributed by atoms with Crippen LogP contribution in [0.1, 0.15) is 41.6 Å². The number of amides is 1. The highest BCUT2D eigenvalue weighted by Gasteiger charge is 2.41. The smallest absolute Gasteiger partial charge is 0.293 e. The first-order valence-electron chi connectivity index (χ1n) is 12.2. The zero-order valence-corrected chi connectivity index (χ0v) is 19.4. The second-order valence-electron chi connectivity index (χ2n) is 9.48. The monoisotopic (exact) mass is 465 g/mol. The molecule has 2 aromatic rings. The number of ether oxygens (including phenoxy) is 2. The number of rotatable bonds is 5. The summed E-state index contributed by atoms with van der Waals surface area (Å²) in [5.41, 5.74) is 2.24. The number of nitro benzene ring substituents is 1. The standard InChI is InChI=1S/C26H31N3O5/c30-25(28-12-8-21(9-13-28)18-20-4-2-1-3-5-20)22-6-7-23(24(19-22)29(31)32)27-14-10-26(11-15-27)33-16-17-34-26/h1-7,19,21H,8-18H2. The van der Waals surface area contributed by atoms with E-state index in [0.29, 0.717) is 69.4 Å². The van der Waals surface area contributed by atoms with Crippen LogP contribution >= 0.6 is 0 Å². The van der Waals surface area contributed by atoms with Crippen LogP contribution in [0.3, 0.4) is 0 Å². The maximum Gasteiger partial charge on any atom is 0.293 e. The van der Waals surface area contributed by atoms with Crippen LogP contribution in [0.5, 0.6) is 0 Å². The lowest BCUT2D eigenvalue weighted by molar-refractivity contribution is -0.384. The first-order valence-corrected chi connectivity index (χ1v) is 12.2. The van der Waals surface area contributed by atoms with Gasteiger partial charge in [-0.05, 0) is 42.9 Å². The Morgan fingerprint density at radius 1 is 1.00 bits per heavy atom. The van der Waals surface area contributed by atoms with E-state index in [1.54, 1.807) is 12.1 Å². The molecular formula is C26H31N3O5. The molecule has 1 spiro atoms. The molecule has 0 aliphatic carbocycles. The fourth-order valence-electron chi connectivity index (χ4n) is 5.41. The fourth-order valence-corrected chi connectivity index (χ4v) is 5.41. The van der Waals surface area contributed by atoms with E-state index in [4.69, 9.17) is 9.47 Å². The summed E-state index contributed by atoms with van der Waals surface area (Å²) in [6.45, 7) is 3.78. The van der Waals surface area contributed by atoms with E-state index in [9.17, 15) is 14.9 Å². The zero-order chi connectivity index (χ0) is 23.5. The lowest BCUT2D eigenvalue weighted by Crippen LogP contribution is -2.45. The van der Waals surface area contributed by atoms with E-state index in [1.807, 2.05) is 15.9 Å². The fraction of sp³-hybridized carbons (Fsp3) is 0.500. The first kappa shape index (κ1) is 22.8. The SMILES string of the molecule is O=C(c1ccc(N2CCC3(CC2)OCCO3)c([N+](=O)[O-])c1)N1CCC(Cc2ccccc2)CC1. The Morgan fingerprint density at radius 2 is 1.68 bits per heavy atom. The maximum atomic E-state index is 13.2. The average molecular weight is 466 g/mol. The summed E-state index contributed by atoms with van der Waals surface area (Å²) in [6, 6.07) is 15.3. The average Bonchev–Trinajstić information content (AvgIpc) is 3.32. The molecule has 0 N–H and O–H groups in total. The molecule has 180 valence electrons. The molecule has 0 atom stereocenters. The Kier molecular flexibility index (Phi) is 6.52. The summed E-state index contributed by atoms with van der Waals surface area (Å²) in [5.74, 6) is -0.107. The van der Waals surface area contributed by atoms with Gasteiger partial charge >= 0.3 is 0 Å². The Bertz CT molecular complexity index is 1020. The van der Waals surface area contributed by atoms with Crippen molar-refractivity contribution in [3.8, 4) is 0 Å². The molecular weight excluding hydrogens is 434 g/mol. The number of benzene rings is 2. The molecule has 3 fully saturated rings. The van der Waals surface area contributed by atoms with Gasteiger partial charge in [0.25, 0.3) is 11.6 Å². The minimum absolute atomic E-state index is 0.0194. The number of carbonyl (C=O) groups excluding carboxylic acids is 1. The van der Waals surface area contributed by atoms with Gasteiger partial charge in [-0.2, -0.15) is 0 Å². The molecule has 3 heterocycles. The topological polar surface area (TPSA) is 85.1 Å². The molecule has 1 amide bonds. The largest absolute Gasteiger partial charge is 0.366 e. The van der Waals surface area contributed by atoms with Gasteiger partial charge in [0.05, 0.1) is 18.1 Å². The molecule has 8 nitrogen and oxygen atoms in total.